The van der Waals surface area contributed by atoms with Crippen LogP contribution in [0.5, 0.6) is 0 Å². The number of pyridine rings is 1. The SMILES string of the molecule is CNC(=O)C1CCN(c2ccnc(CN)c2)CC1. The highest BCUT2D eigenvalue weighted by atomic mass is 16.1. The Hall–Kier alpha value is -1.62. The Bertz CT molecular complexity index is 413. The quantitative estimate of drug-likeness (QED) is 0.817. The summed E-state index contributed by atoms with van der Waals surface area (Å²) in [5.74, 6) is 0.314. The van der Waals surface area contributed by atoms with Gasteiger partial charge in [-0.25, -0.2) is 0 Å². The first kappa shape index (κ1) is 12.8. The van der Waals surface area contributed by atoms with E-state index in [0.29, 0.717) is 6.54 Å². The summed E-state index contributed by atoms with van der Waals surface area (Å²) < 4.78 is 0. The van der Waals surface area contributed by atoms with E-state index < -0.39 is 0 Å². The van der Waals surface area contributed by atoms with Crippen molar-refractivity contribution in [2.75, 3.05) is 25.0 Å². The fourth-order valence-corrected chi connectivity index (χ4v) is 2.38. The number of rotatable bonds is 3. The third-order valence-electron chi connectivity index (χ3n) is 3.49. The van der Waals surface area contributed by atoms with Crippen LogP contribution in [0.4, 0.5) is 5.69 Å². The van der Waals surface area contributed by atoms with Crippen LogP contribution in [0, 0.1) is 5.92 Å². The van der Waals surface area contributed by atoms with Crippen molar-refractivity contribution in [1.82, 2.24) is 10.3 Å². The molecule has 1 amide bonds. The number of amides is 1. The molecule has 18 heavy (non-hydrogen) atoms. The van der Waals surface area contributed by atoms with Crippen LogP contribution in [0.25, 0.3) is 0 Å². The zero-order valence-corrected chi connectivity index (χ0v) is 10.7. The summed E-state index contributed by atoms with van der Waals surface area (Å²) in [5, 5.41) is 2.72. The number of nitrogens with two attached hydrogens (primary N) is 1. The maximum atomic E-state index is 11.6. The second-order valence-electron chi connectivity index (χ2n) is 4.59. The standard InChI is InChI=1S/C13H20N4O/c1-15-13(18)10-3-6-17(7-4-10)12-2-5-16-11(8-12)9-14/h2,5,8,10H,3-4,6-7,9,14H2,1H3,(H,15,18). The Morgan fingerprint density at radius 2 is 2.28 bits per heavy atom. The lowest BCUT2D eigenvalue weighted by Gasteiger charge is -2.32. The zero-order valence-electron chi connectivity index (χ0n) is 10.7. The number of nitrogens with one attached hydrogen (secondary N) is 1. The van der Waals surface area contributed by atoms with E-state index in [1.807, 2.05) is 12.1 Å². The number of aromatic nitrogens is 1. The monoisotopic (exact) mass is 248 g/mol. The molecule has 3 N–H and O–H groups in total. The molecule has 0 spiro atoms. The van der Waals surface area contributed by atoms with Crippen LogP contribution >= 0.6 is 0 Å². The van der Waals surface area contributed by atoms with E-state index in [4.69, 9.17) is 5.73 Å². The lowest BCUT2D eigenvalue weighted by molar-refractivity contribution is -0.125. The number of anilines is 1. The third-order valence-corrected chi connectivity index (χ3v) is 3.49. The van der Waals surface area contributed by atoms with E-state index in [-0.39, 0.29) is 11.8 Å². The van der Waals surface area contributed by atoms with Gasteiger partial charge in [0.2, 0.25) is 5.91 Å². The molecular weight excluding hydrogens is 228 g/mol. The number of carbonyl (C=O) groups is 1. The molecule has 1 saturated heterocycles. The average Bonchev–Trinajstić information content (AvgIpc) is 2.46. The van der Waals surface area contributed by atoms with E-state index in [1.165, 1.54) is 0 Å². The van der Waals surface area contributed by atoms with E-state index in [0.717, 1.165) is 37.3 Å². The van der Waals surface area contributed by atoms with Gasteiger partial charge in [-0.3, -0.25) is 9.78 Å². The summed E-state index contributed by atoms with van der Waals surface area (Å²) in [4.78, 5) is 18.0. The second kappa shape index (κ2) is 5.82. The van der Waals surface area contributed by atoms with Crippen LogP contribution in [0.1, 0.15) is 18.5 Å². The molecule has 0 unspecified atom stereocenters. The van der Waals surface area contributed by atoms with Crippen molar-refractivity contribution in [3.8, 4) is 0 Å². The summed E-state index contributed by atoms with van der Waals surface area (Å²) in [6.07, 6.45) is 3.60. The number of hydrogen-bond donors (Lipinski definition) is 2. The van der Waals surface area contributed by atoms with Crippen molar-refractivity contribution < 1.29 is 4.79 Å². The van der Waals surface area contributed by atoms with Gasteiger partial charge in [0.05, 0.1) is 5.69 Å². The van der Waals surface area contributed by atoms with Gasteiger partial charge in [0.1, 0.15) is 0 Å². The molecule has 2 rings (SSSR count). The Balaban J connectivity index is 1.98. The molecule has 0 radical (unpaired) electrons. The molecule has 0 aromatic carbocycles. The van der Waals surface area contributed by atoms with Crippen molar-refractivity contribution in [2.45, 2.75) is 19.4 Å². The van der Waals surface area contributed by atoms with Crippen molar-refractivity contribution in [3.63, 3.8) is 0 Å². The number of carbonyl (C=O) groups excluding carboxylic acids is 1. The Morgan fingerprint density at radius 1 is 1.56 bits per heavy atom. The minimum atomic E-state index is 0.155. The zero-order chi connectivity index (χ0) is 13.0. The van der Waals surface area contributed by atoms with Crippen molar-refractivity contribution in [1.29, 1.82) is 0 Å². The minimum Gasteiger partial charge on any atom is -0.371 e. The summed E-state index contributed by atoms with van der Waals surface area (Å²) in [7, 11) is 1.70. The molecule has 98 valence electrons. The maximum absolute atomic E-state index is 11.6. The van der Waals surface area contributed by atoms with Gasteiger partial charge in [-0.1, -0.05) is 0 Å². The molecule has 0 saturated carbocycles. The minimum absolute atomic E-state index is 0.155. The first-order chi connectivity index (χ1) is 8.74. The van der Waals surface area contributed by atoms with Crippen molar-refractivity contribution >= 4 is 11.6 Å². The topological polar surface area (TPSA) is 71.2 Å². The Labute approximate surface area is 107 Å². The van der Waals surface area contributed by atoms with Crippen molar-refractivity contribution in [3.05, 3.63) is 24.0 Å². The van der Waals surface area contributed by atoms with Gasteiger partial charge in [-0.2, -0.15) is 0 Å². The summed E-state index contributed by atoms with van der Waals surface area (Å²) in [6, 6.07) is 4.03. The smallest absolute Gasteiger partial charge is 0.222 e. The highest BCUT2D eigenvalue weighted by Gasteiger charge is 2.24. The van der Waals surface area contributed by atoms with E-state index in [1.54, 1.807) is 13.2 Å². The molecule has 0 bridgehead atoms. The lowest BCUT2D eigenvalue weighted by atomic mass is 9.95. The van der Waals surface area contributed by atoms with Crippen LogP contribution in [-0.4, -0.2) is 31.0 Å². The van der Waals surface area contributed by atoms with E-state index in [2.05, 4.69) is 15.2 Å². The third kappa shape index (κ3) is 2.79. The highest BCUT2D eigenvalue weighted by molar-refractivity contribution is 5.78. The molecule has 5 nitrogen and oxygen atoms in total. The number of hydrogen-bond acceptors (Lipinski definition) is 4. The largest absolute Gasteiger partial charge is 0.371 e. The van der Waals surface area contributed by atoms with E-state index >= 15 is 0 Å². The second-order valence-corrected chi connectivity index (χ2v) is 4.59. The van der Waals surface area contributed by atoms with Crippen molar-refractivity contribution in [2.24, 2.45) is 11.7 Å². The molecular formula is C13H20N4O. The van der Waals surface area contributed by atoms with Gasteiger partial charge >= 0.3 is 0 Å². The van der Waals surface area contributed by atoms with Gasteiger partial charge in [-0.15, -0.1) is 0 Å². The number of nitrogens with zero attached hydrogens (tertiary/aromatic N) is 2. The van der Waals surface area contributed by atoms with Crippen LogP contribution in [0.2, 0.25) is 0 Å². The van der Waals surface area contributed by atoms with Crippen LogP contribution in [0.15, 0.2) is 18.3 Å². The summed E-state index contributed by atoms with van der Waals surface area (Å²) >= 11 is 0. The normalized spacial score (nSPS) is 16.7. The van der Waals surface area contributed by atoms with Gasteiger partial charge < -0.3 is 16.0 Å². The molecule has 0 atom stereocenters. The molecule has 0 aliphatic carbocycles. The predicted molar refractivity (Wildman–Crippen MR) is 71.1 cm³/mol. The first-order valence-corrected chi connectivity index (χ1v) is 6.36. The van der Waals surface area contributed by atoms with Gasteiger partial charge in [-0.05, 0) is 25.0 Å². The Morgan fingerprint density at radius 3 is 2.89 bits per heavy atom. The first-order valence-electron chi connectivity index (χ1n) is 6.36. The van der Waals surface area contributed by atoms with Crippen LogP contribution in [0.3, 0.4) is 0 Å². The summed E-state index contributed by atoms with van der Waals surface area (Å²) in [6.45, 7) is 2.28. The van der Waals surface area contributed by atoms with Crippen LogP contribution in [-0.2, 0) is 11.3 Å². The molecule has 2 heterocycles. The molecule has 5 heteroatoms. The molecule has 1 aromatic rings. The fourth-order valence-electron chi connectivity index (χ4n) is 2.38. The fraction of sp³-hybridized carbons (Fsp3) is 0.538. The number of piperidine rings is 1. The molecule has 1 aliphatic heterocycles. The van der Waals surface area contributed by atoms with Gasteiger partial charge in [0, 0.05) is 44.5 Å². The lowest BCUT2D eigenvalue weighted by Crippen LogP contribution is -2.39. The maximum Gasteiger partial charge on any atom is 0.222 e. The van der Waals surface area contributed by atoms with Crippen LogP contribution < -0.4 is 16.0 Å². The average molecular weight is 248 g/mol. The highest BCUT2D eigenvalue weighted by Crippen LogP contribution is 2.23. The molecule has 1 aliphatic rings. The van der Waals surface area contributed by atoms with E-state index in [9.17, 15) is 4.79 Å². The summed E-state index contributed by atoms with van der Waals surface area (Å²) in [5.41, 5.74) is 7.65. The van der Waals surface area contributed by atoms with Gasteiger partial charge in [0.25, 0.3) is 0 Å². The predicted octanol–water partition coefficient (Wildman–Crippen LogP) is 0.503. The molecule has 1 fully saturated rings. The molecule has 1 aromatic heterocycles. The van der Waals surface area contributed by atoms with Gasteiger partial charge in [0.15, 0.2) is 0 Å². The Kier molecular flexibility index (Phi) is 4.15.